The number of phenols is 1. The Balaban J connectivity index is 2.51. The molecule has 7 atom stereocenters. The fourth-order valence-corrected chi connectivity index (χ4v) is 3.05. The molecule has 0 bridgehead atoms. The van der Waals surface area contributed by atoms with Gasteiger partial charge in [0, 0.05) is 11.8 Å². The topological polar surface area (TPSA) is 110 Å². The molecule has 5 unspecified atom stereocenters. The predicted molar refractivity (Wildman–Crippen MR) is 103 cm³/mol. The summed E-state index contributed by atoms with van der Waals surface area (Å²) in [5, 5.41) is 51.6. The number of hydrogen-bond donors (Lipinski definition) is 5. The Hall–Kier alpha value is -1.70. The Kier molecular flexibility index (Phi) is 7.19. The Morgan fingerprint density at radius 3 is 2.19 bits per heavy atom. The van der Waals surface area contributed by atoms with Crippen LogP contribution in [0.1, 0.15) is 43.8 Å². The Morgan fingerprint density at radius 2 is 1.52 bits per heavy atom. The maximum Gasteiger partial charge on any atom is 0.185 e. The summed E-state index contributed by atoms with van der Waals surface area (Å²) < 4.78 is 5.68. The maximum absolute atomic E-state index is 10.6. The quantitative estimate of drug-likeness (QED) is 0.442. The molecule has 1 aliphatic rings. The maximum atomic E-state index is 10.6. The summed E-state index contributed by atoms with van der Waals surface area (Å²) in [6.07, 6.45) is 0.894. The molecular formula is C21H30O6. The largest absolute Gasteiger partial charge is 0.507 e. The Morgan fingerprint density at radius 1 is 0.852 bits per heavy atom. The van der Waals surface area contributed by atoms with E-state index in [-0.39, 0.29) is 17.2 Å². The first kappa shape index (κ1) is 21.6. The van der Waals surface area contributed by atoms with Crippen LogP contribution in [0, 0.1) is 18.8 Å². The number of fused-ring (bicyclic) bond motifs is 1. The fraction of sp³-hybridized carbons (Fsp3) is 0.524. The molecule has 150 valence electrons. The molecule has 2 rings (SSSR count). The van der Waals surface area contributed by atoms with E-state index in [9.17, 15) is 25.5 Å². The van der Waals surface area contributed by atoms with Gasteiger partial charge in [-0.25, -0.2) is 0 Å². The third-order valence-corrected chi connectivity index (χ3v) is 5.10. The summed E-state index contributed by atoms with van der Waals surface area (Å²) >= 11 is 0. The lowest BCUT2D eigenvalue weighted by Crippen LogP contribution is -2.39. The number of hydrogen-bond acceptors (Lipinski definition) is 6. The van der Waals surface area contributed by atoms with Gasteiger partial charge in [-0.1, -0.05) is 44.2 Å². The van der Waals surface area contributed by atoms with E-state index >= 15 is 0 Å². The van der Waals surface area contributed by atoms with E-state index in [1.165, 1.54) is 6.08 Å². The second-order valence-electron chi connectivity index (χ2n) is 7.41. The molecule has 0 aromatic heterocycles. The van der Waals surface area contributed by atoms with E-state index in [1.54, 1.807) is 44.2 Å². The highest BCUT2D eigenvalue weighted by atomic mass is 16.6. The molecule has 0 fully saturated rings. The summed E-state index contributed by atoms with van der Waals surface area (Å²) in [6, 6.07) is 3.34. The van der Waals surface area contributed by atoms with Gasteiger partial charge >= 0.3 is 0 Å². The van der Waals surface area contributed by atoms with Gasteiger partial charge in [-0.15, -0.1) is 0 Å². The second kappa shape index (κ2) is 8.99. The molecule has 0 aliphatic carbocycles. The van der Waals surface area contributed by atoms with Crippen LogP contribution in [-0.2, 0) is 4.74 Å². The van der Waals surface area contributed by atoms with Crippen LogP contribution in [0.4, 0.5) is 0 Å². The van der Waals surface area contributed by atoms with Crippen molar-refractivity contribution in [2.75, 3.05) is 0 Å². The van der Waals surface area contributed by atoms with Crippen LogP contribution in [0.3, 0.4) is 0 Å². The number of aryl methyl sites for hydroxylation is 1. The van der Waals surface area contributed by atoms with E-state index in [4.69, 9.17) is 4.74 Å². The molecular weight excluding hydrogens is 348 g/mol. The van der Waals surface area contributed by atoms with Crippen LogP contribution < -0.4 is 0 Å². The second-order valence-corrected chi connectivity index (χ2v) is 7.41. The Bertz CT molecular complexity index is 698. The zero-order valence-corrected chi connectivity index (χ0v) is 16.1. The minimum Gasteiger partial charge on any atom is -0.507 e. The molecule has 6 heteroatoms. The van der Waals surface area contributed by atoms with Gasteiger partial charge in [-0.05, 0) is 31.0 Å². The molecule has 0 amide bonds. The van der Waals surface area contributed by atoms with Crippen molar-refractivity contribution in [2.45, 2.75) is 58.4 Å². The smallest absolute Gasteiger partial charge is 0.185 e. The van der Waals surface area contributed by atoms with E-state index in [0.29, 0.717) is 5.56 Å². The summed E-state index contributed by atoms with van der Waals surface area (Å²) in [4.78, 5) is 0. The summed E-state index contributed by atoms with van der Waals surface area (Å²) in [5.41, 5.74) is 1.61. The van der Waals surface area contributed by atoms with Gasteiger partial charge in [0.05, 0.1) is 17.8 Å². The van der Waals surface area contributed by atoms with Gasteiger partial charge in [0.2, 0.25) is 0 Å². The summed E-state index contributed by atoms with van der Waals surface area (Å²) in [6.45, 7) is 7.14. The fourth-order valence-electron chi connectivity index (χ4n) is 3.05. The van der Waals surface area contributed by atoms with Crippen molar-refractivity contribution in [3.63, 3.8) is 0 Å². The van der Waals surface area contributed by atoms with Crippen LogP contribution in [0.5, 0.6) is 5.75 Å². The summed E-state index contributed by atoms with van der Waals surface area (Å²) in [5.74, 6) is -0.741. The molecule has 1 aromatic carbocycles. The lowest BCUT2D eigenvalue weighted by atomic mass is 9.93. The van der Waals surface area contributed by atoms with Gasteiger partial charge in [0.15, 0.2) is 6.29 Å². The lowest BCUT2D eigenvalue weighted by Gasteiger charge is -2.27. The number of rotatable bonds is 0. The highest BCUT2D eigenvalue weighted by Crippen LogP contribution is 2.33. The lowest BCUT2D eigenvalue weighted by molar-refractivity contribution is -0.144. The molecule has 0 spiro atoms. The van der Waals surface area contributed by atoms with E-state index in [2.05, 4.69) is 0 Å². The first-order valence-corrected chi connectivity index (χ1v) is 9.19. The van der Waals surface area contributed by atoms with Gasteiger partial charge in [-0.3, -0.25) is 0 Å². The predicted octanol–water partition coefficient (Wildman–Crippen LogP) is 2.03. The highest BCUT2D eigenvalue weighted by Gasteiger charge is 2.28. The zero-order chi connectivity index (χ0) is 20.3. The number of aliphatic hydroxyl groups is 4. The van der Waals surface area contributed by atoms with Crippen molar-refractivity contribution >= 4 is 6.08 Å². The number of benzene rings is 1. The normalized spacial score (nSPS) is 37.9. The van der Waals surface area contributed by atoms with Gasteiger partial charge in [0.25, 0.3) is 0 Å². The van der Waals surface area contributed by atoms with Crippen molar-refractivity contribution in [1.29, 1.82) is 0 Å². The third kappa shape index (κ3) is 5.18. The first-order chi connectivity index (χ1) is 12.6. The number of aromatic hydroxyl groups is 1. The third-order valence-electron chi connectivity index (χ3n) is 5.10. The first-order valence-electron chi connectivity index (χ1n) is 9.19. The van der Waals surface area contributed by atoms with Crippen LogP contribution in [0.15, 0.2) is 30.4 Å². The van der Waals surface area contributed by atoms with Gasteiger partial charge < -0.3 is 30.3 Å². The molecule has 27 heavy (non-hydrogen) atoms. The molecule has 0 saturated carbocycles. The molecule has 1 aliphatic heterocycles. The van der Waals surface area contributed by atoms with E-state index in [0.717, 1.165) is 5.56 Å². The molecule has 0 saturated heterocycles. The molecule has 1 heterocycles. The number of aliphatic hydroxyl groups excluding tert-OH is 4. The Labute approximate surface area is 160 Å². The van der Waals surface area contributed by atoms with Gasteiger partial charge in [0.1, 0.15) is 18.0 Å². The zero-order valence-electron chi connectivity index (χ0n) is 16.1. The van der Waals surface area contributed by atoms with Crippen molar-refractivity contribution in [3.05, 3.63) is 47.1 Å². The van der Waals surface area contributed by atoms with Crippen molar-refractivity contribution in [2.24, 2.45) is 11.8 Å². The SMILES string of the molecule is Cc1cc(O)c2c(c1)/C=C/C(C)C(O)C(O)C(O)/C=C\[C@@H](C)[C@H](C)OC2O. The van der Waals surface area contributed by atoms with E-state index < -0.39 is 36.6 Å². The van der Waals surface area contributed by atoms with Crippen molar-refractivity contribution < 1.29 is 30.3 Å². The van der Waals surface area contributed by atoms with Gasteiger partial charge in [-0.2, -0.15) is 0 Å². The molecule has 5 N–H and O–H groups in total. The highest BCUT2D eigenvalue weighted by molar-refractivity contribution is 5.60. The van der Waals surface area contributed by atoms with Crippen LogP contribution in [0.25, 0.3) is 6.08 Å². The molecule has 0 radical (unpaired) electrons. The molecule has 6 nitrogen and oxygen atoms in total. The van der Waals surface area contributed by atoms with Crippen LogP contribution in [0.2, 0.25) is 0 Å². The van der Waals surface area contributed by atoms with Crippen molar-refractivity contribution in [3.8, 4) is 5.75 Å². The monoisotopic (exact) mass is 378 g/mol. The van der Waals surface area contributed by atoms with Crippen LogP contribution in [-0.4, -0.2) is 49.9 Å². The van der Waals surface area contributed by atoms with Crippen molar-refractivity contribution in [1.82, 2.24) is 0 Å². The minimum atomic E-state index is -1.34. The standard InChI is InChI=1S/C21H30O6/c1-11-9-15-7-5-13(3)19(24)20(25)16(22)8-6-12(2)14(4)27-21(26)18(15)17(23)10-11/h5-10,12-14,16,19-26H,1-4H3/b7-5+,8-6-/t12-,13?,14+,16?,19?,20?,21?/m1/s1. The number of ether oxygens (including phenoxy) is 1. The minimum absolute atomic E-state index is 0.0757. The van der Waals surface area contributed by atoms with E-state index in [1.807, 2.05) is 13.8 Å². The van der Waals surface area contributed by atoms with Crippen LogP contribution >= 0.6 is 0 Å². The molecule has 1 aromatic rings. The summed E-state index contributed by atoms with van der Waals surface area (Å²) in [7, 11) is 0. The average molecular weight is 378 g/mol. The number of phenolic OH excluding ortho intramolecular Hbond substituents is 1. The average Bonchev–Trinajstić information content (AvgIpc) is 2.60.